The molecule has 1 aliphatic rings. The van der Waals surface area contributed by atoms with E-state index < -0.39 is 0 Å². The third kappa shape index (κ3) is 2.48. The van der Waals surface area contributed by atoms with E-state index in [0.717, 1.165) is 29.6 Å². The maximum absolute atomic E-state index is 9.17. The average Bonchev–Trinajstić information content (AvgIpc) is 2.88. The molecule has 106 valence electrons. The van der Waals surface area contributed by atoms with Gasteiger partial charge in [0.25, 0.3) is 0 Å². The van der Waals surface area contributed by atoms with Crippen molar-refractivity contribution >= 4 is 16.7 Å². The molecular formula is C16H21N3O. The standard InChI is InChI=1S/C16H21N3O/c1-11-4-2-6-13-15(11)17-10-18-16(13)19-14-7-3-5-12(14)8-9-20/h2,4,6,10,12,14,20H,3,5,7-9H2,1H3,(H,17,18,19). The highest BCUT2D eigenvalue weighted by atomic mass is 16.3. The molecule has 1 aliphatic carbocycles. The van der Waals surface area contributed by atoms with Crippen molar-refractivity contribution in [1.82, 2.24) is 9.97 Å². The van der Waals surface area contributed by atoms with E-state index in [-0.39, 0.29) is 6.61 Å². The molecule has 0 saturated heterocycles. The second-order valence-electron chi connectivity index (χ2n) is 5.65. The number of fused-ring (bicyclic) bond motifs is 1. The van der Waals surface area contributed by atoms with Gasteiger partial charge in [-0.05, 0) is 43.7 Å². The van der Waals surface area contributed by atoms with E-state index in [2.05, 4.69) is 34.3 Å². The number of benzene rings is 1. The largest absolute Gasteiger partial charge is 0.396 e. The van der Waals surface area contributed by atoms with Crippen LogP contribution in [0.15, 0.2) is 24.5 Å². The molecule has 2 atom stereocenters. The zero-order valence-corrected chi connectivity index (χ0v) is 11.8. The Bertz CT molecular complexity index is 599. The molecular weight excluding hydrogens is 250 g/mol. The molecule has 0 spiro atoms. The van der Waals surface area contributed by atoms with Crippen LogP contribution in [0.25, 0.3) is 10.9 Å². The van der Waals surface area contributed by atoms with E-state index in [1.165, 1.54) is 18.4 Å². The highest BCUT2D eigenvalue weighted by Crippen LogP contribution is 2.32. The first-order chi connectivity index (χ1) is 9.79. The fraction of sp³-hybridized carbons (Fsp3) is 0.500. The first-order valence-electron chi connectivity index (χ1n) is 7.37. The van der Waals surface area contributed by atoms with Gasteiger partial charge in [-0.1, -0.05) is 18.6 Å². The van der Waals surface area contributed by atoms with E-state index in [1.807, 2.05) is 6.07 Å². The lowest BCUT2D eigenvalue weighted by Gasteiger charge is -2.21. The third-order valence-electron chi connectivity index (χ3n) is 4.35. The number of anilines is 1. The van der Waals surface area contributed by atoms with Crippen LogP contribution in [0.1, 0.15) is 31.2 Å². The normalized spacial score (nSPS) is 22.3. The van der Waals surface area contributed by atoms with Crippen molar-refractivity contribution in [2.75, 3.05) is 11.9 Å². The minimum absolute atomic E-state index is 0.270. The van der Waals surface area contributed by atoms with Gasteiger partial charge in [-0.15, -0.1) is 0 Å². The van der Waals surface area contributed by atoms with E-state index in [4.69, 9.17) is 5.11 Å². The number of aryl methyl sites for hydroxylation is 1. The van der Waals surface area contributed by atoms with Crippen LogP contribution in [0.3, 0.4) is 0 Å². The Kier molecular flexibility index (Phi) is 3.83. The quantitative estimate of drug-likeness (QED) is 0.897. The molecule has 0 radical (unpaired) electrons. The van der Waals surface area contributed by atoms with Crippen LogP contribution in [-0.4, -0.2) is 27.7 Å². The summed E-state index contributed by atoms with van der Waals surface area (Å²) in [6.45, 7) is 2.34. The Labute approximate surface area is 119 Å². The average molecular weight is 271 g/mol. The predicted octanol–water partition coefficient (Wildman–Crippen LogP) is 2.90. The second kappa shape index (κ2) is 5.75. The van der Waals surface area contributed by atoms with Crippen molar-refractivity contribution in [1.29, 1.82) is 0 Å². The summed E-state index contributed by atoms with van der Waals surface area (Å²) in [4.78, 5) is 8.80. The maximum Gasteiger partial charge on any atom is 0.137 e. The molecule has 1 aromatic carbocycles. The van der Waals surface area contributed by atoms with Gasteiger partial charge in [-0.25, -0.2) is 9.97 Å². The van der Waals surface area contributed by atoms with Crippen LogP contribution in [0.4, 0.5) is 5.82 Å². The highest BCUT2D eigenvalue weighted by molar-refractivity contribution is 5.90. The van der Waals surface area contributed by atoms with Gasteiger partial charge in [-0.3, -0.25) is 0 Å². The summed E-state index contributed by atoms with van der Waals surface area (Å²) in [7, 11) is 0. The number of para-hydroxylation sites is 1. The first-order valence-corrected chi connectivity index (χ1v) is 7.37. The molecule has 1 fully saturated rings. The first kappa shape index (κ1) is 13.3. The molecule has 0 amide bonds. The number of aliphatic hydroxyl groups is 1. The molecule has 1 aromatic heterocycles. The Morgan fingerprint density at radius 2 is 2.20 bits per heavy atom. The number of rotatable bonds is 4. The van der Waals surface area contributed by atoms with Gasteiger partial charge in [0.05, 0.1) is 5.52 Å². The highest BCUT2D eigenvalue weighted by Gasteiger charge is 2.27. The lowest BCUT2D eigenvalue weighted by atomic mass is 10.00. The number of hydrogen-bond donors (Lipinski definition) is 2. The Hall–Kier alpha value is -1.68. The molecule has 2 unspecified atom stereocenters. The van der Waals surface area contributed by atoms with E-state index in [9.17, 15) is 0 Å². The van der Waals surface area contributed by atoms with Gasteiger partial charge < -0.3 is 10.4 Å². The van der Waals surface area contributed by atoms with Crippen LogP contribution in [0, 0.1) is 12.8 Å². The number of nitrogens with zero attached hydrogens (tertiary/aromatic N) is 2. The summed E-state index contributed by atoms with van der Waals surface area (Å²) in [6, 6.07) is 6.61. The Balaban J connectivity index is 1.89. The molecule has 1 heterocycles. The molecule has 4 nitrogen and oxygen atoms in total. The number of nitrogens with one attached hydrogen (secondary N) is 1. The molecule has 0 bridgehead atoms. The minimum Gasteiger partial charge on any atom is -0.396 e. The summed E-state index contributed by atoms with van der Waals surface area (Å²) in [5.41, 5.74) is 2.19. The van der Waals surface area contributed by atoms with Crippen LogP contribution < -0.4 is 5.32 Å². The zero-order chi connectivity index (χ0) is 13.9. The number of aliphatic hydroxyl groups excluding tert-OH is 1. The third-order valence-corrected chi connectivity index (χ3v) is 4.35. The Morgan fingerprint density at radius 3 is 3.05 bits per heavy atom. The second-order valence-corrected chi connectivity index (χ2v) is 5.65. The lowest BCUT2D eigenvalue weighted by molar-refractivity contribution is 0.254. The molecule has 2 aromatic rings. The fourth-order valence-electron chi connectivity index (χ4n) is 3.26. The van der Waals surface area contributed by atoms with Crippen molar-refractivity contribution in [3.63, 3.8) is 0 Å². The predicted molar refractivity (Wildman–Crippen MR) is 80.7 cm³/mol. The Morgan fingerprint density at radius 1 is 1.30 bits per heavy atom. The fourth-order valence-corrected chi connectivity index (χ4v) is 3.26. The summed E-state index contributed by atoms with van der Waals surface area (Å²) in [5.74, 6) is 1.48. The molecule has 3 rings (SSSR count). The van der Waals surface area contributed by atoms with Crippen molar-refractivity contribution < 1.29 is 5.11 Å². The zero-order valence-electron chi connectivity index (χ0n) is 11.8. The van der Waals surface area contributed by atoms with Crippen LogP contribution in [-0.2, 0) is 0 Å². The van der Waals surface area contributed by atoms with E-state index >= 15 is 0 Å². The topological polar surface area (TPSA) is 58.0 Å². The monoisotopic (exact) mass is 271 g/mol. The van der Waals surface area contributed by atoms with Gasteiger partial charge >= 0.3 is 0 Å². The summed E-state index contributed by atoms with van der Waals surface area (Å²) >= 11 is 0. The minimum atomic E-state index is 0.270. The SMILES string of the molecule is Cc1cccc2c(NC3CCCC3CCO)ncnc12. The van der Waals surface area contributed by atoms with Crippen LogP contribution >= 0.6 is 0 Å². The van der Waals surface area contributed by atoms with Crippen LogP contribution in [0.2, 0.25) is 0 Å². The summed E-state index contributed by atoms with van der Waals surface area (Å²) < 4.78 is 0. The van der Waals surface area contributed by atoms with Crippen molar-refractivity contribution in [3.05, 3.63) is 30.1 Å². The molecule has 2 N–H and O–H groups in total. The van der Waals surface area contributed by atoms with Gasteiger partial charge in [0.15, 0.2) is 0 Å². The van der Waals surface area contributed by atoms with Gasteiger partial charge in [0, 0.05) is 18.0 Å². The maximum atomic E-state index is 9.17. The van der Waals surface area contributed by atoms with E-state index in [0.29, 0.717) is 12.0 Å². The van der Waals surface area contributed by atoms with Crippen molar-refractivity contribution in [3.8, 4) is 0 Å². The molecule has 4 heteroatoms. The molecule has 0 aliphatic heterocycles. The summed E-state index contributed by atoms with van der Waals surface area (Å²) in [6.07, 6.45) is 6.08. The lowest BCUT2D eigenvalue weighted by Crippen LogP contribution is -2.25. The number of hydrogen-bond acceptors (Lipinski definition) is 4. The van der Waals surface area contributed by atoms with Crippen molar-refractivity contribution in [2.45, 2.75) is 38.6 Å². The van der Waals surface area contributed by atoms with Gasteiger partial charge in [0.2, 0.25) is 0 Å². The molecule has 1 saturated carbocycles. The smallest absolute Gasteiger partial charge is 0.137 e. The van der Waals surface area contributed by atoms with Crippen LogP contribution in [0.5, 0.6) is 0 Å². The van der Waals surface area contributed by atoms with Gasteiger partial charge in [0.1, 0.15) is 12.1 Å². The molecule has 20 heavy (non-hydrogen) atoms. The van der Waals surface area contributed by atoms with Crippen molar-refractivity contribution in [2.24, 2.45) is 5.92 Å². The van der Waals surface area contributed by atoms with E-state index in [1.54, 1.807) is 6.33 Å². The van der Waals surface area contributed by atoms with Gasteiger partial charge in [-0.2, -0.15) is 0 Å². The summed E-state index contributed by atoms with van der Waals surface area (Å²) in [5, 5.41) is 13.8. The number of aromatic nitrogens is 2.